The standard InChI is InChI=1S/C13H14N4O3/c18-12-6-9(16-13-14-7-15-17(12)13)8-1-2-10-11(5-8)20-4-3-19-10/h1-2,5-6,13-16H,3-4,7H2. The maximum Gasteiger partial charge on any atom is 0.265 e. The quantitative estimate of drug-likeness (QED) is 0.646. The molecule has 1 fully saturated rings. The molecule has 0 spiro atoms. The number of ether oxygens (including phenoxy) is 2. The largest absolute Gasteiger partial charge is 0.486 e. The fraction of sp³-hybridized carbons (Fsp3) is 0.308. The summed E-state index contributed by atoms with van der Waals surface area (Å²) in [5.74, 6) is 1.37. The molecule has 1 atom stereocenters. The molecule has 3 aliphatic rings. The number of hydrogen-bond donors (Lipinski definition) is 3. The molecule has 1 aromatic rings. The van der Waals surface area contributed by atoms with Gasteiger partial charge < -0.3 is 14.8 Å². The van der Waals surface area contributed by atoms with Crippen molar-refractivity contribution < 1.29 is 14.3 Å². The SMILES string of the molecule is O=C1C=C(c2ccc3c(c2)OCCO3)NC2NCNN12. The van der Waals surface area contributed by atoms with Crippen LogP contribution in [0, 0.1) is 0 Å². The number of hydrogen-bond acceptors (Lipinski definition) is 6. The molecule has 3 N–H and O–H groups in total. The number of fused-ring (bicyclic) bond motifs is 2. The molecule has 1 amide bonds. The summed E-state index contributed by atoms with van der Waals surface area (Å²) in [6, 6.07) is 5.67. The van der Waals surface area contributed by atoms with Crippen molar-refractivity contribution in [1.29, 1.82) is 0 Å². The highest BCUT2D eigenvalue weighted by Crippen LogP contribution is 2.33. The molecule has 0 saturated carbocycles. The first-order valence-corrected chi connectivity index (χ1v) is 6.49. The molecule has 1 aromatic carbocycles. The van der Waals surface area contributed by atoms with E-state index in [4.69, 9.17) is 9.47 Å². The Kier molecular flexibility index (Phi) is 2.54. The van der Waals surface area contributed by atoms with Crippen molar-refractivity contribution in [2.45, 2.75) is 6.29 Å². The highest BCUT2D eigenvalue weighted by atomic mass is 16.6. The lowest BCUT2D eigenvalue weighted by Gasteiger charge is -2.30. The fourth-order valence-corrected chi connectivity index (χ4v) is 2.49. The van der Waals surface area contributed by atoms with Crippen molar-refractivity contribution in [2.24, 2.45) is 0 Å². The normalized spacial score (nSPS) is 24.0. The Bertz CT molecular complexity index is 601. The van der Waals surface area contributed by atoms with Gasteiger partial charge in [0.05, 0.1) is 6.67 Å². The van der Waals surface area contributed by atoms with Gasteiger partial charge in [-0.3, -0.25) is 10.1 Å². The van der Waals surface area contributed by atoms with E-state index < -0.39 is 0 Å². The van der Waals surface area contributed by atoms with Crippen LogP contribution in [0.1, 0.15) is 5.56 Å². The molecular weight excluding hydrogens is 260 g/mol. The van der Waals surface area contributed by atoms with E-state index in [0.717, 1.165) is 17.0 Å². The number of hydrazine groups is 1. The molecular formula is C13H14N4O3. The van der Waals surface area contributed by atoms with Crippen LogP contribution in [0.2, 0.25) is 0 Å². The summed E-state index contributed by atoms with van der Waals surface area (Å²) < 4.78 is 11.1. The van der Waals surface area contributed by atoms with Crippen molar-refractivity contribution in [3.8, 4) is 11.5 Å². The van der Waals surface area contributed by atoms with Crippen LogP contribution in [0.15, 0.2) is 24.3 Å². The van der Waals surface area contributed by atoms with E-state index in [9.17, 15) is 4.79 Å². The zero-order chi connectivity index (χ0) is 13.5. The minimum absolute atomic E-state index is 0.0800. The second-order valence-electron chi connectivity index (χ2n) is 4.71. The average molecular weight is 274 g/mol. The number of nitrogens with zero attached hydrogens (tertiary/aromatic N) is 1. The molecule has 20 heavy (non-hydrogen) atoms. The van der Waals surface area contributed by atoms with Crippen molar-refractivity contribution >= 4 is 11.6 Å². The molecule has 104 valence electrons. The van der Waals surface area contributed by atoms with Gasteiger partial charge in [-0.25, -0.2) is 10.4 Å². The third kappa shape index (κ3) is 1.79. The first-order chi connectivity index (χ1) is 9.81. The summed E-state index contributed by atoms with van der Waals surface area (Å²) >= 11 is 0. The molecule has 0 aliphatic carbocycles. The van der Waals surface area contributed by atoms with Crippen LogP contribution >= 0.6 is 0 Å². The van der Waals surface area contributed by atoms with E-state index in [1.165, 1.54) is 5.01 Å². The van der Waals surface area contributed by atoms with Gasteiger partial charge in [-0.05, 0) is 18.2 Å². The topological polar surface area (TPSA) is 74.9 Å². The lowest BCUT2D eigenvalue weighted by Crippen LogP contribution is -2.54. The van der Waals surface area contributed by atoms with E-state index in [1.807, 2.05) is 18.2 Å². The summed E-state index contributed by atoms with van der Waals surface area (Å²) in [4.78, 5) is 12.0. The molecule has 1 unspecified atom stereocenters. The molecule has 0 aromatic heterocycles. The Morgan fingerprint density at radius 3 is 2.95 bits per heavy atom. The summed E-state index contributed by atoms with van der Waals surface area (Å²) in [5, 5.41) is 7.93. The van der Waals surface area contributed by atoms with Gasteiger partial charge in [0.1, 0.15) is 13.2 Å². The van der Waals surface area contributed by atoms with Gasteiger partial charge in [-0.1, -0.05) is 0 Å². The van der Waals surface area contributed by atoms with Gasteiger partial charge in [0.2, 0.25) is 0 Å². The molecule has 0 bridgehead atoms. The predicted molar refractivity (Wildman–Crippen MR) is 70.3 cm³/mol. The Morgan fingerprint density at radius 1 is 1.20 bits per heavy atom. The molecule has 0 radical (unpaired) electrons. The first-order valence-electron chi connectivity index (χ1n) is 6.49. The first kappa shape index (κ1) is 11.6. The molecule has 7 nitrogen and oxygen atoms in total. The molecule has 4 rings (SSSR count). The van der Waals surface area contributed by atoms with Crippen LogP contribution in [0.25, 0.3) is 5.70 Å². The molecule has 7 heteroatoms. The number of carbonyl (C=O) groups excluding carboxylic acids is 1. The number of carbonyl (C=O) groups is 1. The lowest BCUT2D eigenvalue weighted by atomic mass is 10.1. The zero-order valence-electron chi connectivity index (χ0n) is 10.7. The van der Waals surface area contributed by atoms with Gasteiger partial charge >= 0.3 is 0 Å². The van der Waals surface area contributed by atoms with Crippen LogP contribution in [-0.2, 0) is 4.79 Å². The van der Waals surface area contributed by atoms with Crippen LogP contribution < -0.4 is 25.5 Å². The third-order valence-corrected chi connectivity index (χ3v) is 3.45. The van der Waals surface area contributed by atoms with Crippen molar-refractivity contribution in [3.05, 3.63) is 29.8 Å². The number of benzene rings is 1. The Labute approximate surface area is 115 Å². The van der Waals surface area contributed by atoms with Crippen LogP contribution in [0.3, 0.4) is 0 Å². The third-order valence-electron chi connectivity index (χ3n) is 3.45. The van der Waals surface area contributed by atoms with E-state index >= 15 is 0 Å². The van der Waals surface area contributed by atoms with Crippen molar-refractivity contribution in [2.75, 3.05) is 19.9 Å². The van der Waals surface area contributed by atoms with E-state index in [2.05, 4.69) is 16.1 Å². The Hall–Kier alpha value is -2.25. The molecule has 1 saturated heterocycles. The fourth-order valence-electron chi connectivity index (χ4n) is 2.49. The number of rotatable bonds is 1. The summed E-state index contributed by atoms with van der Waals surface area (Å²) in [6.45, 7) is 1.67. The highest BCUT2D eigenvalue weighted by Gasteiger charge is 2.32. The number of amides is 1. The van der Waals surface area contributed by atoms with Gasteiger partial charge in [0.25, 0.3) is 5.91 Å². The highest BCUT2D eigenvalue weighted by molar-refractivity contribution is 5.96. The van der Waals surface area contributed by atoms with Crippen molar-refractivity contribution in [3.63, 3.8) is 0 Å². The van der Waals surface area contributed by atoms with Crippen molar-refractivity contribution in [1.82, 2.24) is 21.1 Å². The van der Waals surface area contributed by atoms with E-state index in [0.29, 0.717) is 25.6 Å². The average Bonchev–Trinajstić information content (AvgIpc) is 2.96. The summed E-state index contributed by atoms with van der Waals surface area (Å²) in [6.07, 6.45) is 1.35. The van der Waals surface area contributed by atoms with Gasteiger partial charge in [-0.15, -0.1) is 0 Å². The second-order valence-corrected chi connectivity index (χ2v) is 4.71. The Morgan fingerprint density at radius 2 is 2.05 bits per heavy atom. The second kappa shape index (κ2) is 4.39. The Balaban J connectivity index is 1.67. The minimum Gasteiger partial charge on any atom is -0.486 e. The minimum atomic E-state index is -0.226. The molecule has 3 aliphatic heterocycles. The maximum absolute atomic E-state index is 12.0. The molecule has 3 heterocycles. The number of nitrogens with one attached hydrogen (secondary N) is 3. The monoisotopic (exact) mass is 274 g/mol. The summed E-state index contributed by atoms with van der Waals surface area (Å²) in [7, 11) is 0. The smallest absolute Gasteiger partial charge is 0.265 e. The predicted octanol–water partition coefficient (Wildman–Crippen LogP) is -0.421. The van der Waals surface area contributed by atoms with Gasteiger partial charge in [0.15, 0.2) is 17.8 Å². The van der Waals surface area contributed by atoms with Crippen LogP contribution in [-0.4, -0.2) is 37.1 Å². The van der Waals surface area contributed by atoms with Gasteiger partial charge in [-0.2, -0.15) is 0 Å². The van der Waals surface area contributed by atoms with Gasteiger partial charge in [0, 0.05) is 17.3 Å². The van der Waals surface area contributed by atoms with E-state index in [1.54, 1.807) is 6.08 Å². The summed E-state index contributed by atoms with van der Waals surface area (Å²) in [5.41, 5.74) is 4.62. The van der Waals surface area contributed by atoms with E-state index in [-0.39, 0.29) is 12.2 Å². The zero-order valence-corrected chi connectivity index (χ0v) is 10.7. The van der Waals surface area contributed by atoms with Crippen LogP contribution in [0.5, 0.6) is 11.5 Å². The lowest BCUT2D eigenvalue weighted by molar-refractivity contribution is -0.130. The maximum atomic E-state index is 12.0. The van der Waals surface area contributed by atoms with Crippen LogP contribution in [0.4, 0.5) is 0 Å².